The summed E-state index contributed by atoms with van der Waals surface area (Å²) in [7, 11) is 0. The fourth-order valence-electron chi connectivity index (χ4n) is 4.36. The van der Waals surface area contributed by atoms with Crippen molar-refractivity contribution in [3.63, 3.8) is 0 Å². The smallest absolute Gasteiger partial charge is 0.357 e. The summed E-state index contributed by atoms with van der Waals surface area (Å²) in [5.41, 5.74) is 1.60. The molecule has 0 N–H and O–H groups in total. The zero-order valence-corrected chi connectivity index (χ0v) is 17.7. The van der Waals surface area contributed by atoms with Crippen LogP contribution in [-0.4, -0.2) is 34.4 Å². The minimum absolute atomic E-state index is 0.0730. The lowest BCUT2D eigenvalue weighted by Crippen LogP contribution is -2.42. The molecular formula is C23H28N2O3S. The molecule has 2 fully saturated rings. The van der Waals surface area contributed by atoms with Crippen molar-refractivity contribution in [3.05, 3.63) is 52.0 Å². The molecule has 29 heavy (non-hydrogen) atoms. The van der Waals surface area contributed by atoms with Crippen LogP contribution in [0.15, 0.2) is 35.7 Å². The van der Waals surface area contributed by atoms with Crippen LogP contribution in [-0.2, 0) is 16.1 Å². The number of hydrogen-bond acceptors (Lipinski definition) is 5. The van der Waals surface area contributed by atoms with E-state index in [1.54, 1.807) is 12.3 Å². The third-order valence-corrected chi connectivity index (χ3v) is 6.81. The average Bonchev–Trinajstić information content (AvgIpc) is 3.43. The highest BCUT2D eigenvalue weighted by Crippen LogP contribution is 2.49. The predicted molar refractivity (Wildman–Crippen MR) is 113 cm³/mol. The van der Waals surface area contributed by atoms with E-state index in [0.29, 0.717) is 24.8 Å². The topological polar surface area (TPSA) is 59.5 Å². The quantitative estimate of drug-likeness (QED) is 0.614. The van der Waals surface area contributed by atoms with Crippen molar-refractivity contribution < 1.29 is 14.3 Å². The molecule has 0 bridgehead atoms. The van der Waals surface area contributed by atoms with Crippen LogP contribution < -0.4 is 0 Å². The van der Waals surface area contributed by atoms with Crippen molar-refractivity contribution in [1.82, 2.24) is 9.88 Å². The summed E-state index contributed by atoms with van der Waals surface area (Å²) in [5, 5.41) is 2.55. The van der Waals surface area contributed by atoms with Crippen molar-refractivity contribution in [1.29, 1.82) is 0 Å². The molecule has 0 radical (unpaired) electrons. The number of aromatic nitrogens is 1. The number of benzene rings is 1. The Morgan fingerprint density at radius 1 is 1.17 bits per heavy atom. The lowest BCUT2D eigenvalue weighted by atomic mass is 9.93. The van der Waals surface area contributed by atoms with Gasteiger partial charge in [-0.15, -0.1) is 11.3 Å². The van der Waals surface area contributed by atoms with E-state index in [2.05, 4.69) is 22.0 Å². The van der Waals surface area contributed by atoms with Gasteiger partial charge in [0.05, 0.1) is 13.2 Å². The van der Waals surface area contributed by atoms with E-state index < -0.39 is 5.97 Å². The van der Waals surface area contributed by atoms with Crippen molar-refractivity contribution in [2.75, 3.05) is 6.61 Å². The van der Waals surface area contributed by atoms with E-state index in [1.807, 2.05) is 18.2 Å². The van der Waals surface area contributed by atoms with Crippen LogP contribution in [0.2, 0.25) is 0 Å². The molecule has 4 rings (SSSR count). The van der Waals surface area contributed by atoms with E-state index in [-0.39, 0.29) is 17.9 Å². The van der Waals surface area contributed by atoms with Crippen LogP contribution >= 0.6 is 11.3 Å². The van der Waals surface area contributed by atoms with Gasteiger partial charge in [0.25, 0.3) is 0 Å². The molecule has 154 valence electrons. The third-order valence-electron chi connectivity index (χ3n) is 5.98. The SMILES string of the molecule is CCOC(=O)c1csc(CN(C(=O)[C@@H]2C[C@H]2c2ccccc2)C2CCCCC2)n1. The van der Waals surface area contributed by atoms with Gasteiger partial charge in [0.15, 0.2) is 5.69 Å². The Morgan fingerprint density at radius 3 is 2.66 bits per heavy atom. The summed E-state index contributed by atoms with van der Waals surface area (Å²) in [6, 6.07) is 10.6. The molecule has 2 aromatic rings. The van der Waals surface area contributed by atoms with Gasteiger partial charge in [-0.05, 0) is 37.7 Å². The zero-order valence-electron chi connectivity index (χ0n) is 16.9. The first kappa shape index (κ1) is 20.1. The normalized spacial score (nSPS) is 21.6. The van der Waals surface area contributed by atoms with Gasteiger partial charge in [0, 0.05) is 17.3 Å². The minimum Gasteiger partial charge on any atom is -0.461 e. The van der Waals surface area contributed by atoms with E-state index in [9.17, 15) is 9.59 Å². The van der Waals surface area contributed by atoms with E-state index in [0.717, 1.165) is 24.3 Å². The van der Waals surface area contributed by atoms with E-state index in [4.69, 9.17) is 4.74 Å². The van der Waals surface area contributed by atoms with Gasteiger partial charge in [-0.25, -0.2) is 9.78 Å². The Morgan fingerprint density at radius 2 is 1.93 bits per heavy atom. The first-order valence-electron chi connectivity index (χ1n) is 10.6. The molecule has 1 aromatic heterocycles. The number of ether oxygens (including phenoxy) is 1. The maximum absolute atomic E-state index is 13.4. The molecule has 1 amide bonds. The number of amides is 1. The molecule has 0 spiro atoms. The molecule has 2 aliphatic rings. The summed E-state index contributed by atoms with van der Waals surface area (Å²) < 4.78 is 5.05. The monoisotopic (exact) mass is 412 g/mol. The van der Waals surface area contributed by atoms with Gasteiger partial charge in [0.1, 0.15) is 5.01 Å². The molecule has 1 heterocycles. The standard InChI is InChI=1S/C23H28N2O3S/c1-2-28-23(27)20-15-29-21(24-20)14-25(17-11-7-4-8-12-17)22(26)19-13-18(19)16-9-5-3-6-10-16/h3,5-6,9-10,15,17-19H,2,4,7-8,11-14H2,1H3/t18-,19+/m0/s1. The second-order valence-corrected chi connectivity index (χ2v) is 8.91. The Labute approximate surface area is 176 Å². The van der Waals surface area contributed by atoms with Gasteiger partial charge in [-0.3, -0.25) is 4.79 Å². The van der Waals surface area contributed by atoms with Gasteiger partial charge in [-0.2, -0.15) is 0 Å². The largest absolute Gasteiger partial charge is 0.461 e. The first-order valence-corrected chi connectivity index (χ1v) is 11.5. The number of esters is 1. The minimum atomic E-state index is -0.392. The number of carbonyl (C=O) groups excluding carboxylic acids is 2. The summed E-state index contributed by atoms with van der Waals surface area (Å²) in [4.78, 5) is 31.9. The summed E-state index contributed by atoms with van der Waals surface area (Å²) >= 11 is 1.44. The average molecular weight is 413 g/mol. The van der Waals surface area contributed by atoms with Crippen molar-refractivity contribution >= 4 is 23.2 Å². The van der Waals surface area contributed by atoms with Crippen LogP contribution in [0.5, 0.6) is 0 Å². The van der Waals surface area contributed by atoms with Gasteiger partial charge >= 0.3 is 5.97 Å². The van der Waals surface area contributed by atoms with Crippen LogP contribution in [0.25, 0.3) is 0 Å². The van der Waals surface area contributed by atoms with Crippen molar-refractivity contribution in [2.45, 2.75) is 64.0 Å². The summed E-state index contributed by atoms with van der Waals surface area (Å²) in [5.74, 6) is 0.264. The number of rotatable bonds is 7. The third kappa shape index (κ3) is 4.69. The second-order valence-electron chi connectivity index (χ2n) is 7.96. The Bertz CT molecular complexity index is 845. The first-order chi connectivity index (χ1) is 14.2. The molecular weight excluding hydrogens is 384 g/mol. The maximum Gasteiger partial charge on any atom is 0.357 e. The Hall–Kier alpha value is -2.21. The molecule has 2 aliphatic carbocycles. The maximum atomic E-state index is 13.4. The highest BCUT2D eigenvalue weighted by Gasteiger charge is 2.47. The summed E-state index contributed by atoms with van der Waals surface area (Å²) in [6.45, 7) is 2.61. The van der Waals surface area contributed by atoms with Crippen molar-refractivity contribution in [3.8, 4) is 0 Å². The van der Waals surface area contributed by atoms with Crippen LogP contribution in [0.3, 0.4) is 0 Å². The van der Waals surface area contributed by atoms with E-state index >= 15 is 0 Å². The Balaban J connectivity index is 1.48. The number of carbonyl (C=O) groups is 2. The van der Waals surface area contributed by atoms with Crippen LogP contribution in [0.4, 0.5) is 0 Å². The van der Waals surface area contributed by atoms with Crippen LogP contribution in [0, 0.1) is 5.92 Å². The van der Waals surface area contributed by atoms with Gasteiger partial charge in [0.2, 0.25) is 5.91 Å². The van der Waals surface area contributed by atoms with Crippen molar-refractivity contribution in [2.24, 2.45) is 5.92 Å². The lowest BCUT2D eigenvalue weighted by molar-refractivity contribution is -0.136. The molecule has 0 aliphatic heterocycles. The number of hydrogen-bond donors (Lipinski definition) is 0. The molecule has 6 heteroatoms. The highest BCUT2D eigenvalue weighted by atomic mass is 32.1. The molecule has 0 unspecified atom stereocenters. The zero-order chi connectivity index (χ0) is 20.2. The Kier molecular flexibility index (Phi) is 6.28. The molecule has 5 nitrogen and oxygen atoms in total. The summed E-state index contributed by atoms with van der Waals surface area (Å²) in [6.07, 6.45) is 6.65. The molecule has 1 aromatic carbocycles. The fourth-order valence-corrected chi connectivity index (χ4v) is 5.12. The van der Waals surface area contributed by atoms with Gasteiger partial charge in [-0.1, -0.05) is 49.6 Å². The lowest BCUT2D eigenvalue weighted by Gasteiger charge is -2.34. The second kappa shape index (κ2) is 9.08. The highest BCUT2D eigenvalue weighted by molar-refractivity contribution is 7.09. The van der Waals surface area contributed by atoms with E-state index in [1.165, 1.54) is 36.2 Å². The molecule has 2 saturated carbocycles. The van der Waals surface area contributed by atoms with Gasteiger partial charge < -0.3 is 9.64 Å². The number of nitrogens with zero attached hydrogens (tertiary/aromatic N) is 2. The predicted octanol–water partition coefficient (Wildman–Crippen LogP) is 4.78. The van der Waals surface area contributed by atoms with Crippen LogP contribution in [0.1, 0.15) is 72.4 Å². The molecule has 2 atom stereocenters. The fraction of sp³-hybridized carbons (Fsp3) is 0.522. The molecule has 0 saturated heterocycles. The number of thiazole rings is 1.